The Morgan fingerprint density at radius 3 is 2.04 bits per heavy atom. The van der Waals surface area contributed by atoms with Gasteiger partial charge in [0.05, 0.1) is 5.69 Å². The van der Waals surface area contributed by atoms with Gasteiger partial charge in [0.2, 0.25) is 0 Å². The largest absolute Gasteiger partial charge is 0.264 e. The molecule has 0 aliphatic heterocycles. The van der Waals surface area contributed by atoms with Crippen molar-refractivity contribution in [2.75, 3.05) is 18.8 Å². The molecule has 0 N–H and O–H groups in total. The lowest BCUT2D eigenvalue weighted by Gasteiger charge is -2.26. The highest BCUT2D eigenvalue weighted by molar-refractivity contribution is 8.32. The second-order valence-corrected chi connectivity index (χ2v) is 11.7. The van der Waals surface area contributed by atoms with E-state index in [1.54, 1.807) is 0 Å². The molecule has 0 atom stereocenters. The number of pyridine rings is 1. The highest BCUT2D eigenvalue weighted by atomic mass is 32.3. The molecular weight excluding hydrogens is 308 g/mol. The Labute approximate surface area is 149 Å². The van der Waals surface area contributed by atoms with Crippen LogP contribution in [0.3, 0.4) is 0 Å². The van der Waals surface area contributed by atoms with E-state index >= 15 is 0 Å². The minimum Gasteiger partial charge on any atom is -0.264 e. The van der Waals surface area contributed by atoms with Crippen molar-refractivity contribution in [2.45, 2.75) is 18.7 Å². The van der Waals surface area contributed by atoms with Crippen molar-refractivity contribution in [3.8, 4) is 11.3 Å². The van der Waals surface area contributed by atoms with Crippen LogP contribution in [0.2, 0.25) is 0 Å². The fraction of sp³-hybridized carbons (Fsp3) is 0.250. The van der Waals surface area contributed by atoms with Gasteiger partial charge < -0.3 is 0 Å². The second kappa shape index (κ2) is 6.00. The molecule has 24 heavy (non-hydrogen) atoms. The number of nitrogens with zero attached hydrogens (tertiary/aromatic N) is 1. The summed E-state index contributed by atoms with van der Waals surface area (Å²) >= 11 is 0. The Kier molecular flexibility index (Phi) is 4.29. The average Bonchev–Trinajstić information content (AvgIpc) is 2.48. The van der Waals surface area contributed by atoms with Crippen LogP contribution in [-0.2, 0) is 0 Å². The molecule has 0 unspecified atom stereocenters. The van der Waals surface area contributed by atoms with Crippen LogP contribution in [0.25, 0.3) is 22.0 Å². The van der Waals surface area contributed by atoms with Crippen molar-refractivity contribution < 1.29 is 0 Å². The van der Waals surface area contributed by atoms with E-state index in [4.69, 9.17) is 4.98 Å². The number of rotatable bonds is 2. The molecular formula is C20H25B2NS. The lowest BCUT2D eigenvalue weighted by Crippen LogP contribution is -2.30. The van der Waals surface area contributed by atoms with E-state index in [1.165, 1.54) is 37.8 Å². The number of aryl methyl sites for hydroxylation is 2. The van der Waals surface area contributed by atoms with E-state index in [9.17, 15) is 0 Å². The van der Waals surface area contributed by atoms with Gasteiger partial charge in [-0.05, 0) is 72.8 Å². The zero-order valence-corrected chi connectivity index (χ0v) is 16.6. The molecule has 0 saturated carbocycles. The maximum absolute atomic E-state index is 4.95. The Bertz CT molecular complexity index is 922. The predicted octanol–water partition coefficient (Wildman–Crippen LogP) is 2.09. The SMILES string of the molecule is Bc1nc(-c2cc(C)cc(C)c2)c2ccc(S(C)(C)C)cc2c1B. The molecule has 0 bridgehead atoms. The molecule has 0 amide bonds. The third-order valence-electron chi connectivity index (χ3n) is 4.67. The van der Waals surface area contributed by atoms with E-state index in [1.807, 2.05) is 0 Å². The van der Waals surface area contributed by atoms with Gasteiger partial charge in [-0.25, -0.2) is 10.0 Å². The number of fused-ring (bicyclic) bond motifs is 1. The lowest BCUT2D eigenvalue weighted by molar-refractivity contribution is 1.35. The van der Waals surface area contributed by atoms with E-state index in [0.29, 0.717) is 0 Å². The Hall–Kier alpha value is -1.67. The number of hydrogen-bond acceptors (Lipinski definition) is 1. The van der Waals surface area contributed by atoms with Gasteiger partial charge in [-0.1, -0.05) is 28.7 Å². The maximum Gasteiger partial charge on any atom is 0.163 e. The van der Waals surface area contributed by atoms with Crippen molar-refractivity contribution in [3.05, 3.63) is 47.5 Å². The van der Waals surface area contributed by atoms with Crippen LogP contribution in [0.15, 0.2) is 41.3 Å². The quantitative estimate of drug-likeness (QED) is 0.655. The molecule has 3 rings (SSSR count). The van der Waals surface area contributed by atoms with Gasteiger partial charge in [0.15, 0.2) is 7.85 Å². The van der Waals surface area contributed by atoms with Crippen LogP contribution >= 0.6 is 10.0 Å². The third-order valence-corrected chi connectivity index (χ3v) is 6.34. The summed E-state index contributed by atoms with van der Waals surface area (Å²) in [6.45, 7) is 4.31. The fourth-order valence-electron chi connectivity index (χ4n) is 3.26. The first-order valence-electron chi connectivity index (χ1n) is 8.35. The van der Waals surface area contributed by atoms with Crippen molar-refractivity contribution in [3.63, 3.8) is 0 Å². The van der Waals surface area contributed by atoms with Crippen LogP contribution in [-0.4, -0.2) is 39.4 Å². The summed E-state index contributed by atoms with van der Waals surface area (Å²) in [5.74, 6) is 0. The predicted molar refractivity (Wildman–Crippen MR) is 117 cm³/mol. The lowest BCUT2D eigenvalue weighted by atomic mass is 9.80. The summed E-state index contributed by atoms with van der Waals surface area (Å²) in [6, 6.07) is 13.7. The van der Waals surface area contributed by atoms with Crippen molar-refractivity contribution in [1.29, 1.82) is 0 Å². The topological polar surface area (TPSA) is 12.9 Å². The summed E-state index contributed by atoms with van der Waals surface area (Å²) in [6.07, 6.45) is 7.05. The molecule has 2 aromatic carbocycles. The van der Waals surface area contributed by atoms with Gasteiger partial charge >= 0.3 is 0 Å². The standard InChI is InChI=1S/C20H25B2NS/c1-12-8-13(2)10-14(9-12)19-16-7-6-15(24(3,4)5)11-17(16)18(21)20(22)23-19/h6-11H,21-22H2,1-5H3. The van der Waals surface area contributed by atoms with Crippen LogP contribution in [0.5, 0.6) is 0 Å². The zero-order valence-electron chi connectivity index (χ0n) is 15.8. The van der Waals surface area contributed by atoms with Gasteiger partial charge in [0, 0.05) is 10.9 Å². The van der Waals surface area contributed by atoms with Crippen LogP contribution in [0.4, 0.5) is 0 Å². The van der Waals surface area contributed by atoms with E-state index in [-0.39, 0.29) is 0 Å². The van der Waals surface area contributed by atoms with E-state index in [0.717, 1.165) is 11.3 Å². The Morgan fingerprint density at radius 1 is 0.833 bits per heavy atom. The molecule has 0 spiro atoms. The molecule has 0 aliphatic rings. The number of hydrogen-bond donors (Lipinski definition) is 0. The van der Waals surface area contributed by atoms with Crippen molar-refractivity contribution in [2.24, 2.45) is 0 Å². The van der Waals surface area contributed by atoms with Crippen LogP contribution in [0, 0.1) is 13.8 Å². The summed E-state index contributed by atoms with van der Waals surface area (Å²) in [7, 11) is 3.58. The van der Waals surface area contributed by atoms with Gasteiger partial charge in [-0.15, -0.1) is 0 Å². The summed E-state index contributed by atoms with van der Waals surface area (Å²) in [5, 5.41) is 2.60. The van der Waals surface area contributed by atoms with Gasteiger partial charge in [0.1, 0.15) is 7.85 Å². The Morgan fingerprint density at radius 2 is 1.46 bits per heavy atom. The van der Waals surface area contributed by atoms with Crippen LogP contribution in [0.1, 0.15) is 11.1 Å². The first-order chi connectivity index (χ1) is 11.2. The molecule has 122 valence electrons. The molecule has 0 aliphatic carbocycles. The highest BCUT2D eigenvalue weighted by Crippen LogP contribution is 2.46. The van der Waals surface area contributed by atoms with Gasteiger partial charge in [0.25, 0.3) is 0 Å². The average molecular weight is 333 g/mol. The minimum absolute atomic E-state index is 0.735. The summed E-state index contributed by atoms with van der Waals surface area (Å²) < 4.78 is 0. The molecule has 1 nitrogen and oxygen atoms in total. The summed E-state index contributed by atoms with van der Waals surface area (Å²) in [5.41, 5.74) is 7.32. The van der Waals surface area contributed by atoms with E-state index < -0.39 is 10.0 Å². The van der Waals surface area contributed by atoms with Gasteiger partial charge in [-0.2, -0.15) is 0 Å². The monoisotopic (exact) mass is 333 g/mol. The van der Waals surface area contributed by atoms with Gasteiger partial charge in [-0.3, -0.25) is 4.98 Å². The molecule has 0 radical (unpaired) electrons. The fourth-order valence-corrected chi connectivity index (χ4v) is 4.21. The molecule has 3 aromatic rings. The third kappa shape index (κ3) is 3.12. The highest BCUT2D eigenvalue weighted by Gasteiger charge is 2.14. The molecule has 4 heteroatoms. The normalized spacial score (nSPS) is 12.5. The molecule has 0 saturated heterocycles. The second-order valence-electron chi connectivity index (χ2n) is 7.59. The molecule has 1 heterocycles. The smallest absolute Gasteiger partial charge is 0.163 e. The zero-order chi connectivity index (χ0) is 17.6. The molecule has 1 aromatic heterocycles. The van der Waals surface area contributed by atoms with Crippen molar-refractivity contribution in [1.82, 2.24) is 4.98 Å². The number of aromatic nitrogens is 1. The first kappa shape index (κ1) is 17.2. The number of benzene rings is 2. The first-order valence-corrected chi connectivity index (χ1v) is 11.2. The minimum atomic E-state index is -0.735. The van der Waals surface area contributed by atoms with Crippen molar-refractivity contribution >= 4 is 47.5 Å². The molecule has 0 fully saturated rings. The van der Waals surface area contributed by atoms with E-state index in [2.05, 4.69) is 84.7 Å². The summed E-state index contributed by atoms with van der Waals surface area (Å²) in [4.78, 5) is 6.41. The van der Waals surface area contributed by atoms with Crippen LogP contribution < -0.4 is 11.1 Å². The maximum atomic E-state index is 4.95. The Balaban J connectivity index is 2.35.